The molecule has 4 rings (SSSR count). The van der Waals surface area contributed by atoms with Gasteiger partial charge in [0.1, 0.15) is 34.5 Å². The fourth-order valence-electron chi connectivity index (χ4n) is 4.72. The Balaban J connectivity index is 1.77. The van der Waals surface area contributed by atoms with Gasteiger partial charge in [-0.25, -0.2) is 0 Å². The summed E-state index contributed by atoms with van der Waals surface area (Å²) in [7, 11) is 9.31. The highest BCUT2D eigenvalue weighted by molar-refractivity contribution is 6.49. The van der Waals surface area contributed by atoms with E-state index in [9.17, 15) is 9.59 Å². The maximum atomic E-state index is 13.5. The molecule has 4 aromatic rings. The first kappa shape index (κ1) is 30.0. The molecule has 0 fully saturated rings. The van der Waals surface area contributed by atoms with E-state index in [1.54, 1.807) is 57.7 Å². The van der Waals surface area contributed by atoms with Crippen molar-refractivity contribution in [1.82, 2.24) is 0 Å². The summed E-state index contributed by atoms with van der Waals surface area (Å²) >= 11 is 0. The molecule has 0 amide bonds. The summed E-state index contributed by atoms with van der Waals surface area (Å²) < 4.78 is 33.1. The van der Waals surface area contributed by atoms with E-state index in [4.69, 9.17) is 28.4 Å². The van der Waals surface area contributed by atoms with Crippen molar-refractivity contribution in [3.05, 3.63) is 95.1 Å². The first-order valence-corrected chi connectivity index (χ1v) is 13.2. The zero-order valence-corrected chi connectivity index (χ0v) is 24.6. The molecule has 42 heavy (non-hydrogen) atoms. The molecular formula is C34H34O8. The molecule has 0 heterocycles. The molecule has 0 aliphatic heterocycles. The van der Waals surface area contributed by atoms with Gasteiger partial charge in [0.05, 0.1) is 48.2 Å². The molecule has 0 unspecified atom stereocenters. The zero-order chi connectivity index (χ0) is 30.2. The van der Waals surface area contributed by atoms with E-state index >= 15 is 0 Å². The van der Waals surface area contributed by atoms with E-state index in [0.29, 0.717) is 40.5 Å². The second-order valence-electron chi connectivity index (χ2n) is 9.35. The van der Waals surface area contributed by atoms with Crippen molar-refractivity contribution in [3.63, 3.8) is 0 Å². The lowest BCUT2D eigenvalue weighted by Gasteiger charge is -2.19. The summed E-state index contributed by atoms with van der Waals surface area (Å²) in [5.41, 5.74) is 3.66. The lowest BCUT2D eigenvalue weighted by molar-refractivity contribution is 0.0815. The number of Topliss-reactive ketones (excluding diaryl/α,β-unsaturated/α-hetero) is 2. The van der Waals surface area contributed by atoms with Gasteiger partial charge in [0.2, 0.25) is 11.6 Å². The van der Waals surface area contributed by atoms with Gasteiger partial charge < -0.3 is 28.4 Å². The first-order chi connectivity index (χ1) is 20.4. The van der Waals surface area contributed by atoms with Crippen LogP contribution in [0.5, 0.6) is 34.5 Å². The highest BCUT2D eigenvalue weighted by Gasteiger charge is 2.26. The Hall–Kier alpha value is -4.98. The lowest BCUT2D eigenvalue weighted by atomic mass is 9.93. The average molecular weight is 571 g/mol. The van der Waals surface area contributed by atoms with Crippen molar-refractivity contribution in [2.24, 2.45) is 0 Å². The third-order valence-corrected chi connectivity index (χ3v) is 7.06. The van der Waals surface area contributed by atoms with E-state index in [2.05, 4.69) is 0 Å². The Kier molecular flexibility index (Phi) is 9.70. The molecule has 0 aromatic heterocycles. The van der Waals surface area contributed by atoms with Gasteiger partial charge in [0, 0.05) is 28.8 Å². The van der Waals surface area contributed by atoms with Gasteiger partial charge in [-0.3, -0.25) is 9.59 Å². The maximum absolute atomic E-state index is 13.5. The number of benzene rings is 4. The van der Waals surface area contributed by atoms with Crippen LogP contribution in [0, 0.1) is 0 Å². The summed E-state index contributed by atoms with van der Waals surface area (Å²) in [6.07, 6.45) is 1.43. The van der Waals surface area contributed by atoms with Crippen molar-refractivity contribution >= 4 is 11.6 Å². The van der Waals surface area contributed by atoms with Crippen molar-refractivity contribution in [2.45, 2.75) is 12.8 Å². The molecular weight excluding hydrogens is 536 g/mol. The van der Waals surface area contributed by atoms with E-state index in [1.807, 2.05) is 36.4 Å². The van der Waals surface area contributed by atoms with Crippen LogP contribution in [-0.2, 0) is 12.8 Å². The molecule has 8 nitrogen and oxygen atoms in total. The lowest BCUT2D eigenvalue weighted by Crippen LogP contribution is -2.16. The molecule has 0 bridgehead atoms. The molecule has 218 valence electrons. The van der Waals surface area contributed by atoms with E-state index < -0.39 is 11.6 Å². The number of hydrogen-bond donors (Lipinski definition) is 0. The van der Waals surface area contributed by atoms with Gasteiger partial charge in [-0.2, -0.15) is 0 Å². The van der Waals surface area contributed by atoms with Crippen LogP contribution in [0.1, 0.15) is 31.8 Å². The van der Waals surface area contributed by atoms with Crippen molar-refractivity contribution in [3.8, 4) is 45.6 Å². The smallest absolute Gasteiger partial charge is 0.237 e. The molecule has 0 aliphatic carbocycles. The Morgan fingerprint density at radius 1 is 0.500 bits per heavy atom. The van der Waals surface area contributed by atoms with E-state index in [1.165, 1.54) is 21.3 Å². The quantitative estimate of drug-likeness (QED) is 0.138. The minimum absolute atomic E-state index is 0.103. The number of carbonyl (C=O) groups excluding carboxylic acids is 2. The summed E-state index contributed by atoms with van der Waals surface area (Å²) in [4.78, 5) is 26.7. The van der Waals surface area contributed by atoms with Crippen LogP contribution in [0.4, 0.5) is 0 Å². The molecule has 0 atom stereocenters. The standard InChI is InChI=1S/C34H34O8/c1-37-24-13-8-21(9-14-24)7-10-23-17-26(30(40-4)19-29(23)39-3)27-18-28(32(42-6)20-31(27)41-5)34(36)33(35)22-11-15-25(38-2)16-12-22/h8-9,11-20H,7,10H2,1-6H3. The van der Waals surface area contributed by atoms with E-state index in [0.717, 1.165) is 23.3 Å². The summed E-state index contributed by atoms with van der Waals surface area (Å²) in [6.45, 7) is 0. The molecule has 0 aliphatic rings. The molecule has 0 N–H and O–H groups in total. The summed E-state index contributed by atoms with van der Waals surface area (Å²) in [5, 5.41) is 0. The predicted octanol–water partition coefficient (Wildman–Crippen LogP) is 6.26. The molecule has 8 heteroatoms. The molecule has 0 spiro atoms. The number of ether oxygens (including phenoxy) is 6. The number of rotatable bonds is 13. The fourth-order valence-corrected chi connectivity index (χ4v) is 4.72. The normalized spacial score (nSPS) is 10.5. The molecule has 0 radical (unpaired) electrons. The van der Waals surface area contributed by atoms with Crippen molar-refractivity contribution in [2.75, 3.05) is 42.7 Å². The number of hydrogen-bond acceptors (Lipinski definition) is 8. The number of ketones is 2. The van der Waals surface area contributed by atoms with Crippen LogP contribution in [-0.4, -0.2) is 54.2 Å². The van der Waals surface area contributed by atoms with Gasteiger partial charge >= 0.3 is 0 Å². The fraction of sp³-hybridized carbons (Fsp3) is 0.235. The molecule has 0 saturated heterocycles. The van der Waals surface area contributed by atoms with Crippen LogP contribution in [0.3, 0.4) is 0 Å². The second kappa shape index (κ2) is 13.6. The second-order valence-corrected chi connectivity index (χ2v) is 9.35. The van der Waals surface area contributed by atoms with Gasteiger partial charge in [0.15, 0.2) is 0 Å². The largest absolute Gasteiger partial charge is 0.497 e. The van der Waals surface area contributed by atoms with Gasteiger partial charge in [0.25, 0.3) is 0 Å². The molecule has 4 aromatic carbocycles. The predicted molar refractivity (Wildman–Crippen MR) is 160 cm³/mol. The van der Waals surface area contributed by atoms with Gasteiger partial charge in [-0.15, -0.1) is 0 Å². The van der Waals surface area contributed by atoms with E-state index in [-0.39, 0.29) is 16.9 Å². The first-order valence-electron chi connectivity index (χ1n) is 13.2. The highest BCUT2D eigenvalue weighted by Crippen LogP contribution is 2.43. The van der Waals surface area contributed by atoms with Crippen LogP contribution in [0.2, 0.25) is 0 Å². The third-order valence-electron chi connectivity index (χ3n) is 7.06. The van der Waals surface area contributed by atoms with Crippen LogP contribution >= 0.6 is 0 Å². The maximum Gasteiger partial charge on any atom is 0.237 e. The number of methoxy groups -OCH3 is 6. The monoisotopic (exact) mass is 570 g/mol. The zero-order valence-electron chi connectivity index (χ0n) is 24.6. The van der Waals surface area contributed by atoms with Crippen LogP contribution in [0.15, 0.2) is 72.8 Å². The van der Waals surface area contributed by atoms with Gasteiger partial charge in [-0.05, 0) is 72.5 Å². The van der Waals surface area contributed by atoms with Crippen molar-refractivity contribution in [1.29, 1.82) is 0 Å². The Morgan fingerprint density at radius 2 is 1.00 bits per heavy atom. The van der Waals surface area contributed by atoms with Crippen LogP contribution < -0.4 is 28.4 Å². The third kappa shape index (κ3) is 6.33. The van der Waals surface area contributed by atoms with Crippen molar-refractivity contribution < 1.29 is 38.0 Å². The Bertz CT molecular complexity index is 1560. The minimum atomic E-state index is -0.715. The SMILES string of the molecule is COc1ccc(CCc2cc(-c3cc(C(=O)C(=O)c4ccc(OC)cc4)c(OC)cc3OC)c(OC)cc2OC)cc1. The minimum Gasteiger partial charge on any atom is -0.497 e. The Labute approximate surface area is 245 Å². The number of aryl methyl sites for hydroxylation is 2. The van der Waals surface area contributed by atoms with Gasteiger partial charge in [-0.1, -0.05) is 12.1 Å². The Morgan fingerprint density at radius 3 is 1.52 bits per heavy atom. The highest BCUT2D eigenvalue weighted by atomic mass is 16.5. The summed E-state index contributed by atoms with van der Waals surface area (Å²) in [6, 6.07) is 21.3. The topological polar surface area (TPSA) is 89.5 Å². The average Bonchev–Trinajstić information content (AvgIpc) is 3.05. The number of carbonyl (C=O) groups is 2. The summed E-state index contributed by atoms with van der Waals surface area (Å²) in [5.74, 6) is 1.84. The van der Waals surface area contributed by atoms with Crippen LogP contribution in [0.25, 0.3) is 11.1 Å². The molecule has 0 saturated carbocycles.